The molecule has 0 bridgehead atoms. The van der Waals surface area contributed by atoms with Crippen LogP contribution in [0.5, 0.6) is 0 Å². The summed E-state index contributed by atoms with van der Waals surface area (Å²) in [6.45, 7) is 0.884. The van der Waals surface area contributed by atoms with Crippen LogP contribution in [0.15, 0.2) is 41.8 Å². The minimum absolute atomic E-state index is 0.0529. The number of hydrogen-bond acceptors (Lipinski definition) is 3. The maximum absolute atomic E-state index is 12.6. The van der Waals surface area contributed by atoms with Gasteiger partial charge in [-0.3, -0.25) is 9.59 Å². The highest BCUT2D eigenvalue weighted by atomic mass is 32.1. The number of halogens is 3. The van der Waals surface area contributed by atoms with Crippen molar-refractivity contribution in [1.82, 2.24) is 10.2 Å². The Bertz CT molecular complexity index is 804. The average Bonchev–Trinajstić information content (AvgIpc) is 3.33. The van der Waals surface area contributed by atoms with Gasteiger partial charge < -0.3 is 10.2 Å². The van der Waals surface area contributed by atoms with Gasteiger partial charge in [0.15, 0.2) is 0 Å². The van der Waals surface area contributed by atoms with E-state index in [1.54, 1.807) is 4.90 Å². The molecule has 1 fully saturated rings. The first-order valence-corrected chi connectivity index (χ1v) is 9.98. The Morgan fingerprint density at radius 1 is 1.18 bits per heavy atom. The number of carbonyl (C=O) groups is 2. The molecule has 0 radical (unpaired) electrons. The van der Waals surface area contributed by atoms with Gasteiger partial charge in [-0.2, -0.15) is 13.2 Å². The fourth-order valence-corrected chi connectivity index (χ4v) is 4.01. The molecular weight excluding hydrogens is 389 g/mol. The fraction of sp³-hybridized carbons (Fsp3) is 0.400. The molecule has 0 spiro atoms. The van der Waals surface area contributed by atoms with E-state index in [9.17, 15) is 22.8 Å². The van der Waals surface area contributed by atoms with Crippen LogP contribution in [0.3, 0.4) is 0 Å². The first kappa shape index (κ1) is 20.4. The van der Waals surface area contributed by atoms with Crippen LogP contribution in [0.2, 0.25) is 0 Å². The quantitative estimate of drug-likeness (QED) is 0.790. The van der Waals surface area contributed by atoms with E-state index in [0.29, 0.717) is 37.9 Å². The van der Waals surface area contributed by atoms with Crippen LogP contribution in [0.1, 0.15) is 28.8 Å². The number of likely N-dealkylation sites (tertiary alicyclic amines) is 1. The number of amides is 2. The number of nitrogens with zero attached hydrogens (tertiary/aromatic N) is 1. The van der Waals surface area contributed by atoms with Gasteiger partial charge in [-0.15, -0.1) is 11.3 Å². The van der Waals surface area contributed by atoms with Crippen LogP contribution in [0.4, 0.5) is 13.2 Å². The molecule has 1 aromatic carbocycles. The Hall–Kier alpha value is -2.35. The molecule has 3 rings (SSSR count). The minimum atomic E-state index is -4.35. The first-order chi connectivity index (χ1) is 13.3. The van der Waals surface area contributed by atoms with Gasteiger partial charge in [0.25, 0.3) is 0 Å². The van der Waals surface area contributed by atoms with E-state index in [0.717, 1.165) is 23.4 Å². The maximum Gasteiger partial charge on any atom is 0.416 e. The van der Waals surface area contributed by atoms with Crippen molar-refractivity contribution in [3.8, 4) is 0 Å². The second-order valence-corrected chi connectivity index (χ2v) is 7.77. The molecule has 1 aliphatic heterocycles. The number of benzene rings is 1. The lowest BCUT2D eigenvalue weighted by atomic mass is 10.1. The summed E-state index contributed by atoms with van der Waals surface area (Å²) in [6.07, 6.45) is -2.21. The lowest BCUT2D eigenvalue weighted by Gasteiger charge is -2.24. The summed E-state index contributed by atoms with van der Waals surface area (Å²) < 4.78 is 37.7. The molecule has 1 saturated heterocycles. The molecular formula is C20H21F3N2O2S. The zero-order valence-corrected chi connectivity index (χ0v) is 16.0. The highest BCUT2D eigenvalue weighted by molar-refractivity contribution is 7.10. The van der Waals surface area contributed by atoms with Crippen LogP contribution < -0.4 is 5.32 Å². The molecule has 2 amide bonds. The minimum Gasteiger partial charge on any atom is -0.354 e. The second kappa shape index (κ2) is 8.77. The topological polar surface area (TPSA) is 49.4 Å². The molecule has 4 nitrogen and oxygen atoms in total. The summed E-state index contributed by atoms with van der Waals surface area (Å²) in [5, 5.41) is 4.72. The van der Waals surface area contributed by atoms with Gasteiger partial charge in [0.05, 0.1) is 12.0 Å². The van der Waals surface area contributed by atoms with E-state index in [2.05, 4.69) is 5.32 Å². The Morgan fingerprint density at radius 3 is 2.57 bits per heavy atom. The molecule has 2 aromatic rings. The lowest BCUT2D eigenvalue weighted by molar-refractivity contribution is -0.138. The van der Waals surface area contributed by atoms with Crippen LogP contribution in [0, 0.1) is 0 Å². The number of rotatable bonds is 6. The maximum atomic E-state index is 12.6. The standard InChI is InChI=1S/C20H21F3N2O2S/c21-20(22,23)15-7-5-14(6-8-15)9-10-24-19(27)17-4-1-11-25(17)18(26)13-16-3-2-12-28-16/h2-3,5-8,12,17H,1,4,9-11,13H2,(H,24,27). The fourth-order valence-electron chi connectivity index (χ4n) is 3.31. The molecule has 1 N–H and O–H groups in total. The molecule has 1 aliphatic rings. The molecule has 1 unspecified atom stereocenters. The Kier molecular flexibility index (Phi) is 6.39. The van der Waals surface area contributed by atoms with Crippen LogP contribution >= 0.6 is 11.3 Å². The predicted octanol–water partition coefficient (Wildman–Crippen LogP) is 3.66. The van der Waals surface area contributed by atoms with E-state index in [-0.39, 0.29) is 11.8 Å². The average molecular weight is 410 g/mol. The molecule has 0 saturated carbocycles. The van der Waals surface area contributed by atoms with Gasteiger partial charge in [-0.25, -0.2) is 0 Å². The van der Waals surface area contributed by atoms with Crippen molar-refractivity contribution in [3.05, 3.63) is 57.8 Å². The van der Waals surface area contributed by atoms with Crippen molar-refractivity contribution < 1.29 is 22.8 Å². The number of alkyl halides is 3. The lowest BCUT2D eigenvalue weighted by Crippen LogP contribution is -2.46. The first-order valence-electron chi connectivity index (χ1n) is 9.10. The largest absolute Gasteiger partial charge is 0.416 e. The van der Waals surface area contributed by atoms with Crippen molar-refractivity contribution in [2.45, 2.75) is 37.9 Å². The number of carbonyl (C=O) groups excluding carboxylic acids is 2. The molecule has 8 heteroatoms. The molecule has 150 valence electrons. The van der Waals surface area contributed by atoms with Gasteiger partial charge >= 0.3 is 6.18 Å². The van der Waals surface area contributed by atoms with Crippen LogP contribution in [0.25, 0.3) is 0 Å². The highest BCUT2D eigenvalue weighted by Crippen LogP contribution is 2.29. The Balaban J connectivity index is 1.49. The van der Waals surface area contributed by atoms with E-state index >= 15 is 0 Å². The molecule has 28 heavy (non-hydrogen) atoms. The van der Waals surface area contributed by atoms with E-state index in [4.69, 9.17) is 0 Å². The second-order valence-electron chi connectivity index (χ2n) is 6.74. The van der Waals surface area contributed by atoms with Crippen LogP contribution in [-0.2, 0) is 28.6 Å². The molecule has 0 aliphatic carbocycles. The van der Waals surface area contributed by atoms with Crippen molar-refractivity contribution in [1.29, 1.82) is 0 Å². The van der Waals surface area contributed by atoms with Crippen molar-refractivity contribution in [2.75, 3.05) is 13.1 Å². The van der Waals surface area contributed by atoms with Gasteiger partial charge in [0.2, 0.25) is 11.8 Å². The summed E-state index contributed by atoms with van der Waals surface area (Å²) in [7, 11) is 0. The van der Waals surface area contributed by atoms with E-state index in [1.807, 2.05) is 17.5 Å². The van der Waals surface area contributed by atoms with E-state index in [1.165, 1.54) is 23.5 Å². The third kappa shape index (κ3) is 5.13. The highest BCUT2D eigenvalue weighted by Gasteiger charge is 2.34. The smallest absolute Gasteiger partial charge is 0.354 e. The summed E-state index contributed by atoms with van der Waals surface area (Å²) in [5.41, 5.74) is 0.0245. The van der Waals surface area contributed by atoms with Crippen LogP contribution in [-0.4, -0.2) is 35.8 Å². The van der Waals surface area contributed by atoms with E-state index < -0.39 is 17.8 Å². The molecule has 1 aromatic heterocycles. The third-order valence-electron chi connectivity index (χ3n) is 4.78. The molecule has 1 atom stereocenters. The van der Waals surface area contributed by atoms with Crippen molar-refractivity contribution >= 4 is 23.2 Å². The predicted molar refractivity (Wildman–Crippen MR) is 101 cm³/mol. The zero-order valence-electron chi connectivity index (χ0n) is 15.2. The Labute approximate surface area is 165 Å². The number of thiophene rings is 1. The van der Waals surface area contributed by atoms with Crippen molar-refractivity contribution in [3.63, 3.8) is 0 Å². The van der Waals surface area contributed by atoms with Gasteiger partial charge in [-0.05, 0) is 48.4 Å². The SMILES string of the molecule is O=C(NCCc1ccc(C(F)(F)F)cc1)C1CCCN1C(=O)Cc1cccs1. The van der Waals surface area contributed by atoms with Gasteiger partial charge in [-0.1, -0.05) is 18.2 Å². The Morgan fingerprint density at radius 2 is 1.93 bits per heavy atom. The van der Waals surface area contributed by atoms with Gasteiger partial charge in [0, 0.05) is 18.0 Å². The summed E-state index contributed by atoms with van der Waals surface area (Å²) in [6, 6.07) is 8.24. The summed E-state index contributed by atoms with van der Waals surface area (Å²) in [4.78, 5) is 27.6. The normalized spacial score (nSPS) is 17.0. The molecule has 2 heterocycles. The monoisotopic (exact) mass is 410 g/mol. The number of nitrogens with one attached hydrogen (secondary N) is 1. The zero-order chi connectivity index (χ0) is 20.1. The third-order valence-corrected chi connectivity index (χ3v) is 5.65. The van der Waals surface area contributed by atoms with Gasteiger partial charge in [0.1, 0.15) is 6.04 Å². The van der Waals surface area contributed by atoms with Crippen molar-refractivity contribution in [2.24, 2.45) is 0 Å². The number of hydrogen-bond donors (Lipinski definition) is 1. The summed E-state index contributed by atoms with van der Waals surface area (Å²) in [5.74, 6) is -0.258. The summed E-state index contributed by atoms with van der Waals surface area (Å²) >= 11 is 1.52.